The van der Waals surface area contributed by atoms with E-state index >= 15 is 0 Å². The van der Waals surface area contributed by atoms with Gasteiger partial charge in [0.15, 0.2) is 0 Å². The first-order valence-corrected chi connectivity index (χ1v) is 18.7. The number of rotatable bonds is 0. The zero-order valence-corrected chi connectivity index (χ0v) is 22.7. The van der Waals surface area contributed by atoms with E-state index in [2.05, 4.69) is 123 Å². The lowest BCUT2D eigenvalue weighted by atomic mass is 9.99. The van der Waals surface area contributed by atoms with Crippen LogP contribution in [-0.2, 0) is 0 Å². The first-order valence-electron chi connectivity index (χ1n) is 11.7. The molecule has 0 fully saturated rings. The molecule has 1 aromatic heterocycles. The molecule has 0 aliphatic rings. The molecule has 0 spiro atoms. The fraction of sp³-hybridized carbons (Fsp3) is 0.200. The maximum atomic E-state index is 5.15. The Labute approximate surface area is 203 Å². The molecule has 0 N–H and O–H groups in total. The van der Waals surface area contributed by atoms with Crippen molar-refractivity contribution in [3.05, 3.63) is 71.8 Å². The first-order chi connectivity index (χ1) is 16.1. The van der Waals surface area contributed by atoms with Crippen LogP contribution in [0.3, 0.4) is 0 Å². The van der Waals surface area contributed by atoms with Gasteiger partial charge in [-0.1, -0.05) is 99.7 Å². The third-order valence-corrected chi connectivity index (χ3v) is 7.35. The summed E-state index contributed by atoms with van der Waals surface area (Å²) in [5.41, 5.74) is 12.6. The van der Waals surface area contributed by atoms with E-state index < -0.39 is 16.1 Å². The van der Waals surface area contributed by atoms with Crippen LogP contribution in [0.2, 0.25) is 39.3 Å². The maximum Gasteiger partial charge on any atom is 0.129 e. The zero-order chi connectivity index (χ0) is 24.1. The molecule has 2 nitrogen and oxygen atoms in total. The van der Waals surface area contributed by atoms with Gasteiger partial charge in [-0.2, -0.15) is 0 Å². The van der Waals surface area contributed by atoms with E-state index in [4.69, 9.17) is 9.97 Å². The second-order valence-corrected chi connectivity index (χ2v) is 20.4. The van der Waals surface area contributed by atoms with Gasteiger partial charge >= 0.3 is 0 Å². The molecular formula is C30H28N2Si2. The van der Waals surface area contributed by atoms with Gasteiger partial charge in [-0.3, -0.25) is 0 Å². The lowest BCUT2D eigenvalue weighted by Crippen LogP contribution is -2.17. The summed E-state index contributed by atoms with van der Waals surface area (Å²) < 4.78 is 0. The van der Waals surface area contributed by atoms with Crippen molar-refractivity contribution in [3.63, 3.8) is 0 Å². The van der Waals surface area contributed by atoms with Crippen LogP contribution in [-0.4, -0.2) is 26.1 Å². The monoisotopic (exact) mass is 472 g/mol. The first kappa shape index (κ1) is 22.4. The van der Waals surface area contributed by atoms with Gasteiger partial charge in [-0.15, -0.1) is 11.1 Å². The molecule has 4 aromatic carbocycles. The van der Waals surface area contributed by atoms with E-state index in [9.17, 15) is 0 Å². The molecule has 4 heteroatoms. The Hall–Kier alpha value is -3.45. The van der Waals surface area contributed by atoms with Gasteiger partial charge in [0.25, 0.3) is 0 Å². The van der Waals surface area contributed by atoms with Crippen molar-refractivity contribution in [1.82, 2.24) is 9.97 Å². The predicted molar refractivity (Wildman–Crippen MR) is 153 cm³/mol. The van der Waals surface area contributed by atoms with Crippen LogP contribution < -0.4 is 0 Å². The molecule has 34 heavy (non-hydrogen) atoms. The molecule has 0 aliphatic heterocycles. The average Bonchev–Trinajstić information content (AvgIpc) is 2.79. The standard InChI is InChI=1S/C30H28N2Si2/c1-33(2,3)17-15-21-19-27-28(20-22(21)16-18-34(4,5)6)32-30-26-14-10-8-12-24(26)23-11-7-9-13-25(23)29(30)31-27/h7-14,19-20H,1-6H3. The summed E-state index contributed by atoms with van der Waals surface area (Å²) in [5, 5.41) is 4.66. The van der Waals surface area contributed by atoms with E-state index in [-0.39, 0.29) is 0 Å². The number of hydrogen-bond acceptors (Lipinski definition) is 2. The number of nitrogens with zero attached hydrogens (tertiary/aromatic N) is 2. The van der Waals surface area contributed by atoms with Gasteiger partial charge in [0.05, 0.1) is 22.1 Å². The van der Waals surface area contributed by atoms with Gasteiger partial charge in [0, 0.05) is 21.9 Å². The van der Waals surface area contributed by atoms with Crippen LogP contribution in [0, 0.1) is 22.9 Å². The SMILES string of the molecule is C[Si](C)(C)C#Cc1cc2nc3c4ccccc4c4ccccc4c3nc2cc1C#C[Si](C)(C)C. The quantitative estimate of drug-likeness (QED) is 0.101. The summed E-state index contributed by atoms with van der Waals surface area (Å²) in [6.45, 7) is 13.6. The summed E-state index contributed by atoms with van der Waals surface area (Å²) in [5.74, 6) is 6.91. The average molecular weight is 473 g/mol. The predicted octanol–water partition coefficient (Wildman–Crippen LogP) is 7.55. The normalized spacial score (nSPS) is 11.9. The highest BCUT2D eigenvalue weighted by Gasteiger charge is 2.14. The molecule has 5 rings (SSSR count). The lowest BCUT2D eigenvalue weighted by Gasteiger charge is -2.11. The second kappa shape index (κ2) is 8.10. The molecule has 5 aromatic rings. The van der Waals surface area contributed by atoms with Crippen LogP contribution in [0.25, 0.3) is 43.6 Å². The van der Waals surface area contributed by atoms with Gasteiger partial charge in [0.2, 0.25) is 0 Å². The van der Waals surface area contributed by atoms with Crippen molar-refractivity contribution in [2.75, 3.05) is 0 Å². The Morgan fingerprint density at radius 3 is 1.24 bits per heavy atom. The highest BCUT2D eigenvalue weighted by Crippen LogP contribution is 2.34. The minimum absolute atomic E-state index is 0.867. The Bertz CT molecular complexity index is 1600. The van der Waals surface area contributed by atoms with Crippen molar-refractivity contribution >= 4 is 59.8 Å². The Morgan fingerprint density at radius 2 is 0.882 bits per heavy atom. The molecule has 1 heterocycles. The number of benzene rings is 4. The van der Waals surface area contributed by atoms with E-state index in [1.165, 1.54) is 10.8 Å². The summed E-state index contributed by atoms with van der Waals surface area (Å²) in [4.78, 5) is 10.3. The minimum Gasteiger partial charge on any atom is -0.244 e. The van der Waals surface area contributed by atoms with Crippen molar-refractivity contribution in [3.8, 4) is 22.9 Å². The van der Waals surface area contributed by atoms with Crippen LogP contribution in [0.15, 0.2) is 60.7 Å². The third kappa shape index (κ3) is 4.35. The van der Waals surface area contributed by atoms with Gasteiger partial charge < -0.3 is 0 Å². The smallest absolute Gasteiger partial charge is 0.129 e. The van der Waals surface area contributed by atoms with Crippen LogP contribution in [0.4, 0.5) is 0 Å². The Kier molecular flexibility index (Phi) is 5.32. The summed E-state index contributed by atoms with van der Waals surface area (Å²) >= 11 is 0. The number of fused-ring (bicyclic) bond motifs is 7. The molecule has 0 saturated heterocycles. The third-order valence-electron chi connectivity index (χ3n) is 5.60. The molecule has 0 radical (unpaired) electrons. The summed E-state index contributed by atoms with van der Waals surface area (Å²) in [6.07, 6.45) is 0. The number of hydrogen-bond donors (Lipinski definition) is 0. The van der Waals surface area contributed by atoms with E-state index in [0.717, 1.165) is 44.0 Å². The minimum atomic E-state index is -1.54. The highest BCUT2D eigenvalue weighted by atomic mass is 28.3. The Balaban J connectivity index is 1.89. The molecule has 0 saturated carbocycles. The maximum absolute atomic E-state index is 5.15. The molecular weight excluding hydrogens is 445 g/mol. The van der Waals surface area contributed by atoms with Crippen LogP contribution in [0.5, 0.6) is 0 Å². The second-order valence-electron chi connectivity index (χ2n) is 10.9. The lowest BCUT2D eigenvalue weighted by molar-refractivity contribution is 1.40. The Morgan fingerprint density at radius 1 is 0.529 bits per heavy atom. The molecule has 0 aliphatic carbocycles. The fourth-order valence-corrected chi connectivity index (χ4v) is 5.06. The van der Waals surface area contributed by atoms with Gasteiger partial charge in [-0.05, 0) is 22.9 Å². The van der Waals surface area contributed by atoms with E-state index in [1.807, 2.05) is 0 Å². The van der Waals surface area contributed by atoms with Gasteiger partial charge in [0.1, 0.15) is 16.1 Å². The molecule has 0 amide bonds. The van der Waals surface area contributed by atoms with Crippen LogP contribution in [0.1, 0.15) is 11.1 Å². The topological polar surface area (TPSA) is 25.8 Å². The van der Waals surface area contributed by atoms with Crippen molar-refractivity contribution in [2.45, 2.75) is 39.3 Å². The van der Waals surface area contributed by atoms with Crippen molar-refractivity contribution in [2.24, 2.45) is 0 Å². The van der Waals surface area contributed by atoms with Crippen LogP contribution >= 0.6 is 0 Å². The largest absolute Gasteiger partial charge is 0.244 e. The molecule has 0 bridgehead atoms. The van der Waals surface area contributed by atoms with Gasteiger partial charge in [-0.25, -0.2) is 9.97 Å². The molecule has 0 atom stereocenters. The molecule has 166 valence electrons. The van der Waals surface area contributed by atoms with Crippen molar-refractivity contribution in [1.29, 1.82) is 0 Å². The van der Waals surface area contributed by atoms with E-state index in [0.29, 0.717) is 0 Å². The molecule has 0 unspecified atom stereocenters. The van der Waals surface area contributed by atoms with Crippen molar-refractivity contribution < 1.29 is 0 Å². The summed E-state index contributed by atoms with van der Waals surface area (Å²) in [7, 11) is -3.07. The summed E-state index contributed by atoms with van der Waals surface area (Å²) in [6, 6.07) is 21.1. The zero-order valence-electron chi connectivity index (χ0n) is 20.7. The van der Waals surface area contributed by atoms with E-state index in [1.54, 1.807) is 0 Å². The highest BCUT2D eigenvalue weighted by molar-refractivity contribution is 6.84. The fourth-order valence-electron chi connectivity index (χ4n) is 4.04. The number of aromatic nitrogens is 2.